The number of carbonyl (C=O) groups is 2. The second-order valence-corrected chi connectivity index (χ2v) is 7.59. The highest BCUT2D eigenvalue weighted by atomic mass is 16.4. The van der Waals surface area contributed by atoms with Crippen molar-refractivity contribution in [3.8, 4) is 0 Å². The van der Waals surface area contributed by atoms with E-state index in [1.807, 2.05) is 0 Å². The molecule has 5 rings (SSSR count). The molecule has 3 aromatic carbocycles. The van der Waals surface area contributed by atoms with Crippen LogP contribution >= 0.6 is 0 Å². The zero-order chi connectivity index (χ0) is 20.4. The number of aromatic carboxylic acids is 2. The van der Waals surface area contributed by atoms with Gasteiger partial charge in [-0.1, -0.05) is 54.6 Å². The standard InChI is InChI=1S/C17H16.C8H6O4/c1-3-7-15-13(5-1)9-11-17(15)12-10-14-6-2-4-8-16(14)17;9-7(10)5-2-1-3-6(4-5)8(11)12/h1-8H,9-12H2;1-4H,(H,9,10)(H,11,12). The quantitative estimate of drug-likeness (QED) is 0.654. The third-order valence-electron chi connectivity index (χ3n) is 6.06. The highest BCUT2D eigenvalue weighted by Crippen LogP contribution is 2.51. The molecule has 2 aliphatic carbocycles. The maximum atomic E-state index is 10.4. The van der Waals surface area contributed by atoms with Crippen LogP contribution in [0.15, 0.2) is 72.8 Å². The lowest BCUT2D eigenvalue weighted by Gasteiger charge is -2.26. The Hall–Kier alpha value is -3.40. The number of fused-ring (bicyclic) bond motifs is 4. The molecule has 0 atom stereocenters. The second-order valence-electron chi connectivity index (χ2n) is 7.59. The van der Waals surface area contributed by atoms with E-state index in [4.69, 9.17) is 10.2 Å². The van der Waals surface area contributed by atoms with Crippen LogP contribution in [0.5, 0.6) is 0 Å². The Balaban J connectivity index is 0.000000152. The molecule has 4 nitrogen and oxygen atoms in total. The van der Waals surface area contributed by atoms with Gasteiger partial charge in [-0.3, -0.25) is 0 Å². The van der Waals surface area contributed by atoms with Crippen LogP contribution in [-0.2, 0) is 18.3 Å². The highest BCUT2D eigenvalue weighted by Gasteiger charge is 2.43. The van der Waals surface area contributed by atoms with Crippen LogP contribution in [0.2, 0.25) is 0 Å². The predicted octanol–water partition coefficient (Wildman–Crippen LogP) is 4.95. The van der Waals surface area contributed by atoms with Gasteiger partial charge in [-0.05, 0) is 66.1 Å². The Morgan fingerprint density at radius 2 is 1.10 bits per heavy atom. The van der Waals surface area contributed by atoms with Crippen molar-refractivity contribution in [2.75, 3.05) is 0 Å². The normalized spacial score (nSPS) is 15.2. The van der Waals surface area contributed by atoms with Gasteiger partial charge in [-0.2, -0.15) is 0 Å². The van der Waals surface area contributed by atoms with Crippen molar-refractivity contribution in [2.45, 2.75) is 31.1 Å². The molecule has 0 bridgehead atoms. The minimum Gasteiger partial charge on any atom is -0.478 e. The summed E-state index contributed by atoms with van der Waals surface area (Å²) in [7, 11) is 0. The van der Waals surface area contributed by atoms with Crippen molar-refractivity contribution >= 4 is 11.9 Å². The molecule has 0 saturated carbocycles. The summed E-state index contributed by atoms with van der Waals surface area (Å²) in [6.45, 7) is 0. The summed E-state index contributed by atoms with van der Waals surface area (Å²) in [5.74, 6) is -2.25. The SMILES string of the molecule is O=C(O)c1cccc(C(=O)O)c1.c1ccc2c(c1)CCC21CCc2ccccc21. The minimum absolute atomic E-state index is 0.0186. The first-order chi connectivity index (χ1) is 14.0. The Kier molecular flexibility index (Phi) is 4.93. The van der Waals surface area contributed by atoms with Crippen LogP contribution in [-0.4, -0.2) is 22.2 Å². The van der Waals surface area contributed by atoms with Gasteiger partial charge in [0.25, 0.3) is 0 Å². The highest BCUT2D eigenvalue weighted by molar-refractivity contribution is 5.93. The van der Waals surface area contributed by atoms with E-state index in [1.54, 1.807) is 22.3 Å². The molecular weight excluding hydrogens is 364 g/mol. The Morgan fingerprint density at radius 3 is 1.55 bits per heavy atom. The van der Waals surface area contributed by atoms with Gasteiger partial charge in [-0.25, -0.2) is 9.59 Å². The molecule has 0 unspecified atom stereocenters. The molecule has 0 fully saturated rings. The van der Waals surface area contributed by atoms with Crippen LogP contribution in [0.4, 0.5) is 0 Å². The van der Waals surface area contributed by atoms with Gasteiger partial charge < -0.3 is 10.2 Å². The van der Waals surface area contributed by atoms with Crippen molar-refractivity contribution in [3.05, 3.63) is 106 Å². The lowest BCUT2D eigenvalue weighted by atomic mass is 9.77. The fraction of sp³-hybridized carbons (Fsp3) is 0.200. The summed E-state index contributed by atoms with van der Waals surface area (Å²) < 4.78 is 0. The second kappa shape index (κ2) is 7.55. The summed E-state index contributed by atoms with van der Waals surface area (Å²) in [5, 5.41) is 17.0. The van der Waals surface area contributed by atoms with E-state index >= 15 is 0 Å². The van der Waals surface area contributed by atoms with Gasteiger partial charge in [0.2, 0.25) is 0 Å². The van der Waals surface area contributed by atoms with Gasteiger partial charge in [0.15, 0.2) is 0 Å². The average Bonchev–Trinajstić information content (AvgIpc) is 3.31. The molecule has 3 aromatic rings. The first kappa shape index (κ1) is 18.9. The number of aryl methyl sites for hydroxylation is 2. The summed E-state index contributed by atoms with van der Waals surface area (Å²) in [6.07, 6.45) is 5.13. The van der Waals surface area contributed by atoms with E-state index in [-0.39, 0.29) is 11.1 Å². The van der Waals surface area contributed by atoms with Crippen LogP contribution in [0, 0.1) is 0 Å². The first-order valence-electron chi connectivity index (χ1n) is 9.75. The molecule has 0 radical (unpaired) electrons. The minimum atomic E-state index is -1.13. The summed E-state index contributed by atoms with van der Waals surface area (Å²) in [6, 6.07) is 23.3. The van der Waals surface area contributed by atoms with Gasteiger partial charge in [0.1, 0.15) is 0 Å². The number of carboxylic acids is 2. The fourth-order valence-electron chi connectivity index (χ4n) is 4.70. The maximum Gasteiger partial charge on any atom is 0.335 e. The topological polar surface area (TPSA) is 74.6 Å². The molecule has 2 N–H and O–H groups in total. The van der Waals surface area contributed by atoms with E-state index < -0.39 is 11.9 Å². The molecule has 4 heteroatoms. The molecule has 146 valence electrons. The molecule has 0 amide bonds. The van der Waals surface area contributed by atoms with Gasteiger partial charge in [0.05, 0.1) is 11.1 Å². The fourth-order valence-corrected chi connectivity index (χ4v) is 4.70. The molecular formula is C25H22O4. The van der Waals surface area contributed by atoms with E-state index in [0.29, 0.717) is 5.41 Å². The lowest BCUT2D eigenvalue weighted by Crippen LogP contribution is -2.20. The Bertz CT molecular complexity index is 1000. The molecule has 0 saturated heterocycles. The zero-order valence-corrected chi connectivity index (χ0v) is 16.0. The van der Waals surface area contributed by atoms with Crippen molar-refractivity contribution in [2.24, 2.45) is 0 Å². The van der Waals surface area contributed by atoms with E-state index in [0.717, 1.165) is 6.07 Å². The third kappa shape index (κ3) is 3.42. The van der Waals surface area contributed by atoms with Crippen molar-refractivity contribution in [3.63, 3.8) is 0 Å². The van der Waals surface area contributed by atoms with Crippen molar-refractivity contribution in [1.82, 2.24) is 0 Å². The van der Waals surface area contributed by atoms with E-state index in [2.05, 4.69) is 48.5 Å². The van der Waals surface area contributed by atoms with Crippen LogP contribution in [0.3, 0.4) is 0 Å². The molecule has 2 aliphatic rings. The first-order valence-corrected chi connectivity index (χ1v) is 9.75. The Morgan fingerprint density at radius 1 is 0.655 bits per heavy atom. The third-order valence-corrected chi connectivity index (χ3v) is 6.06. The zero-order valence-electron chi connectivity index (χ0n) is 16.0. The van der Waals surface area contributed by atoms with Crippen molar-refractivity contribution < 1.29 is 19.8 Å². The summed E-state index contributed by atoms with van der Waals surface area (Å²) in [5.41, 5.74) is 6.67. The average molecular weight is 386 g/mol. The number of carboxylic acid groups (broad SMARTS) is 2. The number of benzene rings is 3. The molecule has 0 heterocycles. The maximum absolute atomic E-state index is 10.4. The molecule has 1 spiro atoms. The van der Waals surface area contributed by atoms with Crippen LogP contribution in [0.25, 0.3) is 0 Å². The predicted molar refractivity (Wildman–Crippen MR) is 111 cm³/mol. The molecule has 29 heavy (non-hydrogen) atoms. The molecule has 0 aromatic heterocycles. The largest absolute Gasteiger partial charge is 0.478 e. The van der Waals surface area contributed by atoms with E-state index in [1.165, 1.54) is 43.9 Å². The van der Waals surface area contributed by atoms with Crippen molar-refractivity contribution in [1.29, 1.82) is 0 Å². The number of rotatable bonds is 2. The summed E-state index contributed by atoms with van der Waals surface area (Å²) >= 11 is 0. The van der Waals surface area contributed by atoms with Gasteiger partial charge in [-0.15, -0.1) is 0 Å². The monoisotopic (exact) mass is 386 g/mol. The Labute approximate surface area is 169 Å². The molecule has 0 aliphatic heterocycles. The smallest absolute Gasteiger partial charge is 0.335 e. The van der Waals surface area contributed by atoms with Gasteiger partial charge >= 0.3 is 11.9 Å². The number of hydrogen-bond donors (Lipinski definition) is 2. The van der Waals surface area contributed by atoms with Gasteiger partial charge in [0, 0.05) is 5.41 Å². The van der Waals surface area contributed by atoms with E-state index in [9.17, 15) is 9.59 Å². The lowest BCUT2D eigenvalue weighted by molar-refractivity contribution is 0.0696. The number of hydrogen-bond acceptors (Lipinski definition) is 2. The van der Waals surface area contributed by atoms with Crippen LogP contribution in [0.1, 0.15) is 55.8 Å². The van der Waals surface area contributed by atoms with Crippen LogP contribution < -0.4 is 0 Å². The summed E-state index contributed by atoms with van der Waals surface area (Å²) in [4.78, 5) is 20.8.